The molecule has 0 atom stereocenters. The van der Waals surface area contributed by atoms with Gasteiger partial charge in [-0.2, -0.15) is 0 Å². The predicted molar refractivity (Wildman–Crippen MR) is 90.2 cm³/mol. The first-order chi connectivity index (χ1) is 11.5. The van der Waals surface area contributed by atoms with Crippen molar-refractivity contribution in [2.45, 2.75) is 6.42 Å². The Morgan fingerprint density at radius 1 is 1.12 bits per heavy atom. The lowest BCUT2D eigenvalue weighted by atomic mass is 10.3. The van der Waals surface area contributed by atoms with Gasteiger partial charge in [0, 0.05) is 4.47 Å². The van der Waals surface area contributed by atoms with E-state index in [4.69, 9.17) is 9.47 Å². The molecule has 24 heavy (non-hydrogen) atoms. The molecule has 126 valence electrons. The van der Waals surface area contributed by atoms with Crippen molar-refractivity contribution in [3.63, 3.8) is 0 Å². The van der Waals surface area contributed by atoms with Crippen molar-refractivity contribution in [2.75, 3.05) is 18.5 Å². The third kappa shape index (κ3) is 6.00. The fraction of sp³-hybridized carbons (Fsp3) is 0.176. The summed E-state index contributed by atoms with van der Waals surface area (Å²) >= 11 is 3.31. The Bertz CT molecular complexity index is 723. The number of ether oxygens (including phenoxy) is 2. The molecule has 0 bridgehead atoms. The molecule has 0 saturated heterocycles. The van der Waals surface area contributed by atoms with Crippen LogP contribution in [0.25, 0.3) is 0 Å². The summed E-state index contributed by atoms with van der Waals surface area (Å²) in [6.07, 6.45) is -0.000505. The second-order valence-corrected chi connectivity index (χ2v) is 5.66. The summed E-state index contributed by atoms with van der Waals surface area (Å²) in [5.41, 5.74) is 0.0385. The number of carbonyl (C=O) groups is 2. The molecule has 1 N–H and O–H groups in total. The van der Waals surface area contributed by atoms with Crippen molar-refractivity contribution < 1.29 is 23.5 Å². The molecule has 0 aliphatic carbocycles. The van der Waals surface area contributed by atoms with E-state index >= 15 is 0 Å². The van der Waals surface area contributed by atoms with Gasteiger partial charge in [0.25, 0.3) is 5.91 Å². The number of carbonyl (C=O) groups excluding carboxylic acids is 2. The van der Waals surface area contributed by atoms with Crippen molar-refractivity contribution >= 4 is 33.5 Å². The maximum Gasteiger partial charge on any atom is 0.309 e. The van der Waals surface area contributed by atoms with Gasteiger partial charge in [-0.3, -0.25) is 9.59 Å². The third-order valence-corrected chi connectivity index (χ3v) is 3.38. The van der Waals surface area contributed by atoms with Crippen LogP contribution in [0.4, 0.5) is 10.1 Å². The largest absolute Gasteiger partial charge is 0.493 e. The summed E-state index contributed by atoms with van der Waals surface area (Å²) < 4.78 is 24.4. The molecule has 2 aromatic rings. The normalized spacial score (nSPS) is 10.1. The number of esters is 1. The molecule has 7 heteroatoms. The quantitative estimate of drug-likeness (QED) is 0.728. The minimum atomic E-state index is -0.610. The third-order valence-electron chi connectivity index (χ3n) is 2.88. The highest BCUT2D eigenvalue weighted by Gasteiger charge is 2.10. The van der Waals surface area contributed by atoms with E-state index in [0.717, 1.165) is 4.47 Å². The number of hydrogen-bond donors (Lipinski definition) is 1. The number of nitrogens with one attached hydrogen (secondary N) is 1. The van der Waals surface area contributed by atoms with Gasteiger partial charge < -0.3 is 14.8 Å². The number of amides is 1. The van der Waals surface area contributed by atoms with Crippen LogP contribution in [0, 0.1) is 5.82 Å². The van der Waals surface area contributed by atoms with Gasteiger partial charge in [0.05, 0.1) is 18.7 Å². The van der Waals surface area contributed by atoms with Crippen molar-refractivity contribution in [2.24, 2.45) is 0 Å². The lowest BCUT2D eigenvalue weighted by Gasteiger charge is -2.08. The number of para-hydroxylation sites is 1. The second-order valence-electron chi connectivity index (χ2n) is 4.74. The fourth-order valence-electron chi connectivity index (χ4n) is 1.78. The molecule has 0 aliphatic rings. The van der Waals surface area contributed by atoms with Crippen LogP contribution in [-0.4, -0.2) is 25.1 Å². The van der Waals surface area contributed by atoms with Gasteiger partial charge in [-0.05, 0) is 30.3 Å². The molecule has 5 nitrogen and oxygen atoms in total. The van der Waals surface area contributed by atoms with E-state index in [2.05, 4.69) is 21.2 Å². The van der Waals surface area contributed by atoms with E-state index < -0.39 is 24.3 Å². The van der Waals surface area contributed by atoms with Crippen LogP contribution < -0.4 is 10.1 Å². The summed E-state index contributed by atoms with van der Waals surface area (Å²) in [6.45, 7) is -0.353. The molecule has 0 fully saturated rings. The summed E-state index contributed by atoms with van der Waals surface area (Å²) in [7, 11) is 0. The molecule has 0 heterocycles. The van der Waals surface area contributed by atoms with E-state index in [1.807, 2.05) is 12.1 Å². The van der Waals surface area contributed by atoms with Crippen LogP contribution >= 0.6 is 15.9 Å². The zero-order valence-electron chi connectivity index (χ0n) is 12.6. The van der Waals surface area contributed by atoms with Gasteiger partial charge in [-0.1, -0.05) is 34.1 Å². The van der Waals surface area contributed by atoms with Gasteiger partial charge in [-0.15, -0.1) is 0 Å². The number of hydrogen-bond acceptors (Lipinski definition) is 4. The lowest BCUT2D eigenvalue weighted by Crippen LogP contribution is -2.22. The molecule has 2 rings (SSSR count). The van der Waals surface area contributed by atoms with Gasteiger partial charge in [0.15, 0.2) is 6.61 Å². The monoisotopic (exact) mass is 395 g/mol. The molecular weight excluding hydrogens is 381 g/mol. The molecule has 0 spiro atoms. The number of benzene rings is 2. The van der Waals surface area contributed by atoms with Gasteiger partial charge >= 0.3 is 5.97 Å². The minimum Gasteiger partial charge on any atom is -0.493 e. The Labute approximate surface area is 146 Å². The highest BCUT2D eigenvalue weighted by molar-refractivity contribution is 9.10. The van der Waals surface area contributed by atoms with Crippen molar-refractivity contribution in [1.29, 1.82) is 0 Å². The molecule has 0 radical (unpaired) electrons. The van der Waals surface area contributed by atoms with Crippen molar-refractivity contribution in [1.82, 2.24) is 0 Å². The number of anilines is 1. The molecule has 0 saturated carbocycles. The first-order valence-corrected chi connectivity index (χ1v) is 7.92. The van der Waals surface area contributed by atoms with Crippen LogP contribution in [0.1, 0.15) is 6.42 Å². The smallest absolute Gasteiger partial charge is 0.309 e. The van der Waals surface area contributed by atoms with Gasteiger partial charge in [-0.25, -0.2) is 4.39 Å². The van der Waals surface area contributed by atoms with E-state index in [1.165, 1.54) is 18.2 Å². The Hall–Kier alpha value is -2.41. The summed E-state index contributed by atoms with van der Waals surface area (Å²) in [6, 6.07) is 12.9. The Balaban J connectivity index is 1.67. The topological polar surface area (TPSA) is 64.6 Å². The second kappa shape index (κ2) is 9.02. The first kappa shape index (κ1) is 17.9. The van der Waals surface area contributed by atoms with E-state index in [0.29, 0.717) is 5.75 Å². The molecule has 0 aliphatic heterocycles. The minimum absolute atomic E-state index is 0.000505. The van der Waals surface area contributed by atoms with Gasteiger partial charge in [0.2, 0.25) is 0 Å². The fourth-order valence-corrected chi connectivity index (χ4v) is 2.15. The molecule has 0 unspecified atom stereocenters. The molecular formula is C17H15BrFNO4. The molecule has 0 aromatic heterocycles. The Morgan fingerprint density at radius 3 is 2.67 bits per heavy atom. The summed E-state index contributed by atoms with van der Waals surface area (Å²) in [5.74, 6) is -1.12. The maximum atomic E-state index is 13.4. The predicted octanol–water partition coefficient (Wildman–Crippen LogP) is 3.54. The average Bonchev–Trinajstić information content (AvgIpc) is 2.55. The summed E-state index contributed by atoms with van der Waals surface area (Å²) in [4.78, 5) is 23.2. The van der Waals surface area contributed by atoms with Crippen molar-refractivity contribution in [3.05, 3.63) is 58.8 Å². The Morgan fingerprint density at radius 2 is 1.92 bits per heavy atom. The lowest BCUT2D eigenvalue weighted by molar-refractivity contribution is -0.147. The molecule has 2 aromatic carbocycles. The maximum absolute atomic E-state index is 13.4. The summed E-state index contributed by atoms with van der Waals surface area (Å²) in [5, 5.41) is 2.33. The SMILES string of the molecule is O=C(COC(=O)CCOc1cccc(Br)c1)Nc1ccccc1F. The number of halogens is 2. The highest BCUT2D eigenvalue weighted by Crippen LogP contribution is 2.17. The molecule has 1 amide bonds. The van der Waals surface area contributed by atoms with E-state index in [1.54, 1.807) is 18.2 Å². The first-order valence-electron chi connectivity index (χ1n) is 7.13. The van der Waals surface area contributed by atoms with Crippen LogP contribution in [0.15, 0.2) is 53.0 Å². The van der Waals surface area contributed by atoms with Crippen LogP contribution in [0.5, 0.6) is 5.75 Å². The van der Waals surface area contributed by atoms with Crippen LogP contribution in [0.3, 0.4) is 0 Å². The van der Waals surface area contributed by atoms with Gasteiger partial charge in [0.1, 0.15) is 11.6 Å². The Kier molecular flexibility index (Phi) is 6.74. The zero-order valence-corrected chi connectivity index (χ0v) is 14.2. The van der Waals surface area contributed by atoms with E-state index in [-0.39, 0.29) is 18.7 Å². The van der Waals surface area contributed by atoms with Crippen LogP contribution in [-0.2, 0) is 14.3 Å². The van der Waals surface area contributed by atoms with Crippen LogP contribution in [0.2, 0.25) is 0 Å². The van der Waals surface area contributed by atoms with E-state index in [9.17, 15) is 14.0 Å². The highest BCUT2D eigenvalue weighted by atomic mass is 79.9. The number of rotatable bonds is 7. The standard InChI is InChI=1S/C17H15BrFNO4/c18-12-4-3-5-13(10-12)23-9-8-17(22)24-11-16(21)20-15-7-2-1-6-14(15)19/h1-7,10H,8-9,11H2,(H,20,21). The average molecular weight is 396 g/mol. The van der Waals surface area contributed by atoms with Crippen molar-refractivity contribution in [3.8, 4) is 5.75 Å². The zero-order chi connectivity index (χ0) is 17.4.